The Hall–Kier alpha value is -1.92. The SMILES string of the molecule is NC(=O)c1ccc(Cl)c(NC(=O)c2cccc(Br)c2F)c1. The minimum Gasteiger partial charge on any atom is -0.366 e. The van der Waals surface area contributed by atoms with E-state index in [-0.39, 0.29) is 26.3 Å². The molecule has 2 amide bonds. The van der Waals surface area contributed by atoms with Crippen molar-refractivity contribution in [1.82, 2.24) is 0 Å². The van der Waals surface area contributed by atoms with Crippen LogP contribution in [0.15, 0.2) is 40.9 Å². The third-order valence-corrected chi connectivity index (χ3v) is 3.64. The lowest BCUT2D eigenvalue weighted by molar-refractivity contribution is 0.0995. The zero-order valence-electron chi connectivity index (χ0n) is 10.5. The smallest absolute Gasteiger partial charge is 0.258 e. The molecule has 0 fully saturated rings. The summed E-state index contributed by atoms with van der Waals surface area (Å²) in [5.74, 6) is -2.02. The molecule has 2 aromatic carbocycles. The normalized spacial score (nSPS) is 10.2. The third-order valence-electron chi connectivity index (χ3n) is 2.70. The monoisotopic (exact) mass is 370 g/mol. The molecule has 3 N–H and O–H groups in total. The lowest BCUT2D eigenvalue weighted by atomic mass is 10.1. The average molecular weight is 372 g/mol. The first kappa shape index (κ1) is 15.5. The van der Waals surface area contributed by atoms with Crippen molar-refractivity contribution in [3.8, 4) is 0 Å². The maximum Gasteiger partial charge on any atom is 0.258 e. The highest BCUT2D eigenvalue weighted by Gasteiger charge is 2.16. The number of amides is 2. The zero-order chi connectivity index (χ0) is 15.6. The van der Waals surface area contributed by atoms with Crippen LogP contribution >= 0.6 is 27.5 Å². The van der Waals surface area contributed by atoms with Gasteiger partial charge in [-0.2, -0.15) is 0 Å². The molecule has 0 aliphatic carbocycles. The molecule has 4 nitrogen and oxygen atoms in total. The molecular weight excluding hydrogens is 363 g/mol. The van der Waals surface area contributed by atoms with Gasteiger partial charge in [0.2, 0.25) is 5.91 Å². The zero-order valence-corrected chi connectivity index (χ0v) is 12.8. The van der Waals surface area contributed by atoms with Crippen LogP contribution in [0.25, 0.3) is 0 Å². The van der Waals surface area contributed by atoms with Gasteiger partial charge in [0.15, 0.2) is 0 Å². The molecule has 0 radical (unpaired) electrons. The fourth-order valence-electron chi connectivity index (χ4n) is 1.64. The first-order valence-corrected chi connectivity index (χ1v) is 6.92. The Morgan fingerprint density at radius 1 is 1.24 bits per heavy atom. The molecule has 0 spiro atoms. The molecule has 108 valence electrons. The lowest BCUT2D eigenvalue weighted by Crippen LogP contribution is -2.16. The number of nitrogens with one attached hydrogen (secondary N) is 1. The first-order valence-electron chi connectivity index (χ1n) is 5.75. The van der Waals surface area contributed by atoms with E-state index in [2.05, 4.69) is 21.2 Å². The number of carbonyl (C=O) groups is 2. The molecule has 0 atom stereocenters. The molecule has 0 aliphatic rings. The number of halogens is 3. The van der Waals surface area contributed by atoms with Crippen LogP contribution in [0.4, 0.5) is 10.1 Å². The second-order valence-electron chi connectivity index (χ2n) is 4.11. The molecule has 2 rings (SSSR count). The van der Waals surface area contributed by atoms with Crippen LogP contribution in [-0.2, 0) is 0 Å². The number of nitrogens with two attached hydrogens (primary N) is 1. The van der Waals surface area contributed by atoms with Crippen molar-refractivity contribution in [3.05, 3.63) is 62.8 Å². The quantitative estimate of drug-likeness (QED) is 0.865. The van der Waals surface area contributed by atoms with Crippen molar-refractivity contribution in [2.75, 3.05) is 5.32 Å². The van der Waals surface area contributed by atoms with Gasteiger partial charge in [0.1, 0.15) is 5.82 Å². The highest BCUT2D eigenvalue weighted by Crippen LogP contribution is 2.25. The van der Waals surface area contributed by atoms with Gasteiger partial charge >= 0.3 is 0 Å². The van der Waals surface area contributed by atoms with Crippen LogP contribution in [0.5, 0.6) is 0 Å². The number of benzene rings is 2. The molecule has 0 unspecified atom stereocenters. The van der Waals surface area contributed by atoms with Crippen molar-refractivity contribution in [2.24, 2.45) is 5.73 Å². The molecule has 21 heavy (non-hydrogen) atoms. The Morgan fingerprint density at radius 2 is 1.95 bits per heavy atom. The Kier molecular flexibility index (Phi) is 4.59. The second kappa shape index (κ2) is 6.24. The molecule has 0 bridgehead atoms. The van der Waals surface area contributed by atoms with Crippen LogP contribution in [0.2, 0.25) is 5.02 Å². The molecular formula is C14H9BrClFN2O2. The van der Waals surface area contributed by atoms with E-state index in [1.807, 2.05) is 0 Å². The molecule has 0 saturated carbocycles. The van der Waals surface area contributed by atoms with Crippen molar-refractivity contribution < 1.29 is 14.0 Å². The molecule has 0 aliphatic heterocycles. The number of primary amides is 1. The van der Waals surface area contributed by atoms with Crippen LogP contribution in [0.3, 0.4) is 0 Å². The van der Waals surface area contributed by atoms with Crippen molar-refractivity contribution in [1.29, 1.82) is 0 Å². The van der Waals surface area contributed by atoms with E-state index in [9.17, 15) is 14.0 Å². The van der Waals surface area contributed by atoms with Crippen molar-refractivity contribution in [2.45, 2.75) is 0 Å². The van der Waals surface area contributed by atoms with Gasteiger partial charge in [-0.3, -0.25) is 9.59 Å². The summed E-state index contributed by atoms with van der Waals surface area (Å²) in [7, 11) is 0. The first-order chi connectivity index (χ1) is 9.90. The molecule has 7 heteroatoms. The van der Waals surface area contributed by atoms with Crippen LogP contribution in [-0.4, -0.2) is 11.8 Å². The third kappa shape index (κ3) is 3.40. The fourth-order valence-corrected chi connectivity index (χ4v) is 2.17. The standard InChI is InChI=1S/C14H9BrClFN2O2/c15-9-3-1-2-8(12(9)17)14(21)19-11-6-7(13(18)20)4-5-10(11)16/h1-6H,(H2,18,20)(H,19,21). The van der Waals surface area contributed by atoms with Gasteiger partial charge in [0.05, 0.1) is 20.7 Å². The Bertz CT molecular complexity index is 737. The van der Waals surface area contributed by atoms with Gasteiger partial charge < -0.3 is 11.1 Å². The maximum absolute atomic E-state index is 13.8. The largest absolute Gasteiger partial charge is 0.366 e. The summed E-state index contributed by atoms with van der Waals surface area (Å²) >= 11 is 8.94. The summed E-state index contributed by atoms with van der Waals surface area (Å²) in [6.45, 7) is 0. The van der Waals surface area contributed by atoms with Gasteiger partial charge in [-0.15, -0.1) is 0 Å². The van der Waals surface area contributed by atoms with Gasteiger partial charge in [-0.05, 0) is 46.3 Å². The molecule has 0 aromatic heterocycles. The van der Waals surface area contributed by atoms with E-state index in [0.717, 1.165) is 0 Å². The fraction of sp³-hybridized carbons (Fsp3) is 0. The molecule has 0 heterocycles. The highest BCUT2D eigenvalue weighted by atomic mass is 79.9. The van der Waals surface area contributed by atoms with E-state index in [4.69, 9.17) is 17.3 Å². The minimum atomic E-state index is -0.683. The van der Waals surface area contributed by atoms with Crippen LogP contribution in [0.1, 0.15) is 20.7 Å². The van der Waals surface area contributed by atoms with E-state index >= 15 is 0 Å². The van der Waals surface area contributed by atoms with E-state index in [1.54, 1.807) is 0 Å². The van der Waals surface area contributed by atoms with Crippen LogP contribution < -0.4 is 11.1 Å². The van der Waals surface area contributed by atoms with E-state index < -0.39 is 17.6 Å². The summed E-state index contributed by atoms with van der Waals surface area (Å²) in [5.41, 5.74) is 5.37. The Labute approximate surface area is 133 Å². The average Bonchev–Trinajstić information content (AvgIpc) is 2.43. The number of hydrogen-bond acceptors (Lipinski definition) is 2. The highest BCUT2D eigenvalue weighted by molar-refractivity contribution is 9.10. The lowest BCUT2D eigenvalue weighted by Gasteiger charge is -2.09. The Morgan fingerprint density at radius 3 is 2.62 bits per heavy atom. The Balaban J connectivity index is 2.33. The number of rotatable bonds is 3. The molecule has 0 saturated heterocycles. The van der Waals surface area contributed by atoms with Gasteiger partial charge in [0.25, 0.3) is 5.91 Å². The van der Waals surface area contributed by atoms with Crippen molar-refractivity contribution >= 4 is 45.0 Å². The number of anilines is 1. The summed E-state index contributed by atoms with van der Waals surface area (Å²) in [4.78, 5) is 23.2. The van der Waals surface area contributed by atoms with E-state index in [0.29, 0.717) is 0 Å². The van der Waals surface area contributed by atoms with E-state index in [1.165, 1.54) is 36.4 Å². The van der Waals surface area contributed by atoms with Gasteiger partial charge in [-0.25, -0.2) is 4.39 Å². The summed E-state index contributed by atoms with van der Waals surface area (Å²) in [5, 5.41) is 2.66. The van der Waals surface area contributed by atoms with Crippen molar-refractivity contribution in [3.63, 3.8) is 0 Å². The minimum absolute atomic E-state index is 0.148. The maximum atomic E-state index is 13.8. The summed E-state index contributed by atoms with van der Waals surface area (Å²) in [6, 6.07) is 8.53. The summed E-state index contributed by atoms with van der Waals surface area (Å²) < 4.78 is 14.0. The predicted octanol–water partition coefficient (Wildman–Crippen LogP) is 3.59. The topological polar surface area (TPSA) is 72.2 Å². The predicted molar refractivity (Wildman–Crippen MR) is 82.0 cm³/mol. The second-order valence-corrected chi connectivity index (χ2v) is 5.38. The van der Waals surface area contributed by atoms with Crippen LogP contribution in [0, 0.1) is 5.82 Å². The summed E-state index contributed by atoms with van der Waals surface area (Å²) in [6.07, 6.45) is 0. The van der Waals surface area contributed by atoms with Gasteiger partial charge in [0, 0.05) is 5.56 Å². The number of hydrogen-bond donors (Lipinski definition) is 2. The molecule has 2 aromatic rings. The number of carbonyl (C=O) groups excluding carboxylic acids is 2. The van der Waals surface area contributed by atoms with Gasteiger partial charge in [-0.1, -0.05) is 17.7 Å².